The molecule has 8 heteroatoms. The molecule has 1 amide bonds. The molecule has 0 radical (unpaired) electrons. The van der Waals surface area contributed by atoms with E-state index in [1.807, 2.05) is 30.3 Å². The third-order valence-electron chi connectivity index (χ3n) is 4.51. The molecule has 0 aliphatic carbocycles. The van der Waals surface area contributed by atoms with E-state index in [1.165, 1.54) is 33.7 Å². The Balaban J connectivity index is 1.60. The van der Waals surface area contributed by atoms with E-state index in [9.17, 15) is 14.0 Å². The molecule has 0 aliphatic heterocycles. The third-order valence-corrected chi connectivity index (χ3v) is 6.34. The van der Waals surface area contributed by atoms with Gasteiger partial charge in [-0.25, -0.2) is 9.37 Å². The van der Waals surface area contributed by atoms with Crippen LogP contribution < -0.4 is 10.9 Å². The standard InChI is InChI=1S/C22H18FN3O2S2/c1-14-11-16(7-8-17(14)23)26-21(28)20-18(9-10-29-20)25-22(26)30-13-19(27)24-12-15-5-3-2-4-6-15/h2-11H,12-13H2,1H3,(H,24,27). The maximum Gasteiger partial charge on any atom is 0.276 e. The number of carbonyl (C=O) groups is 1. The zero-order chi connectivity index (χ0) is 21.1. The average Bonchev–Trinajstić information content (AvgIpc) is 3.23. The predicted molar refractivity (Wildman–Crippen MR) is 119 cm³/mol. The van der Waals surface area contributed by atoms with E-state index in [0.29, 0.717) is 33.2 Å². The lowest BCUT2D eigenvalue weighted by molar-refractivity contribution is -0.118. The largest absolute Gasteiger partial charge is 0.351 e. The second-order valence-electron chi connectivity index (χ2n) is 6.65. The number of thioether (sulfide) groups is 1. The van der Waals surface area contributed by atoms with Crippen LogP contribution in [0.3, 0.4) is 0 Å². The Morgan fingerprint density at radius 2 is 2.00 bits per heavy atom. The van der Waals surface area contributed by atoms with Crippen molar-refractivity contribution in [1.82, 2.24) is 14.9 Å². The van der Waals surface area contributed by atoms with Crippen LogP contribution in [-0.2, 0) is 11.3 Å². The quantitative estimate of drug-likeness (QED) is 0.359. The summed E-state index contributed by atoms with van der Waals surface area (Å²) in [6, 6.07) is 15.9. The minimum Gasteiger partial charge on any atom is -0.351 e. The first-order chi connectivity index (χ1) is 14.5. The van der Waals surface area contributed by atoms with E-state index in [1.54, 1.807) is 30.5 Å². The third kappa shape index (κ3) is 4.29. The monoisotopic (exact) mass is 439 g/mol. The van der Waals surface area contributed by atoms with Crippen molar-refractivity contribution < 1.29 is 9.18 Å². The molecule has 0 unspecified atom stereocenters. The highest BCUT2D eigenvalue weighted by Gasteiger charge is 2.16. The molecular formula is C22H18FN3O2S2. The summed E-state index contributed by atoms with van der Waals surface area (Å²) in [5, 5.41) is 5.07. The van der Waals surface area contributed by atoms with Crippen LogP contribution >= 0.6 is 23.1 Å². The van der Waals surface area contributed by atoms with E-state index < -0.39 is 0 Å². The highest BCUT2D eigenvalue weighted by Crippen LogP contribution is 2.24. The number of hydrogen-bond donors (Lipinski definition) is 1. The molecule has 152 valence electrons. The summed E-state index contributed by atoms with van der Waals surface area (Å²) < 4.78 is 15.7. The Labute approximate surface area is 180 Å². The predicted octanol–water partition coefficient (Wildman–Crippen LogP) is 4.30. The van der Waals surface area contributed by atoms with Gasteiger partial charge in [0.25, 0.3) is 5.56 Å². The minimum absolute atomic E-state index is 0.106. The Morgan fingerprint density at radius 1 is 1.20 bits per heavy atom. The SMILES string of the molecule is Cc1cc(-n2c(SCC(=O)NCc3ccccc3)nc3ccsc3c2=O)ccc1F. The van der Waals surface area contributed by atoms with Crippen LogP contribution in [0.25, 0.3) is 15.9 Å². The fourth-order valence-corrected chi connectivity index (χ4v) is 4.56. The van der Waals surface area contributed by atoms with Gasteiger partial charge in [0.05, 0.1) is 17.0 Å². The smallest absolute Gasteiger partial charge is 0.276 e. The fourth-order valence-electron chi connectivity index (χ4n) is 2.96. The maximum absolute atomic E-state index is 13.7. The van der Waals surface area contributed by atoms with Gasteiger partial charge in [0.15, 0.2) is 5.16 Å². The number of carbonyl (C=O) groups excluding carboxylic acids is 1. The number of amides is 1. The molecule has 0 saturated carbocycles. The highest BCUT2D eigenvalue weighted by molar-refractivity contribution is 7.99. The summed E-state index contributed by atoms with van der Waals surface area (Å²) in [4.78, 5) is 30.0. The molecule has 0 aliphatic rings. The van der Waals surface area contributed by atoms with E-state index in [0.717, 1.165) is 5.56 Å². The number of aromatic nitrogens is 2. The summed E-state index contributed by atoms with van der Waals surface area (Å²) in [5.74, 6) is -0.397. The zero-order valence-electron chi connectivity index (χ0n) is 16.1. The van der Waals surface area contributed by atoms with Crippen LogP contribution in [0.1, 0.15) is 11.1 Å². The number of nitrogens with one attached hydrogen (secondary N) is 1. The molecule has 4 aromatic rings. The number of thiophene rings is 1. The number of fused-ring (bicyclic) bond motifs is 1. The number of nitrogens with zero attached hydrogens (tertiary/aromatic N) is 2. The van der Waals surface area contributed by atoms with Crippen LogP contribution in [-0.4, -0.2) is 21.2 Å². The van der Waals surface area contributed by atoms with E-state index >= 15 is 0 Å². The summed E-state index contributed by atoms with van der Waals surface area (Å²) >= 11 is 2.49. The molecule has 0 fully saturated rings. The molecule has 0 atom stereocenters. The van der Waals surface area contributed by atoms with Gasteiger partial charge in [0.2, 0.25) is 5.91 Å². The van der Waals surface area contributed by atoms with Crippen molar-refractivity contribution in [3.63, 3.8) is 0 Å². The number of halogens is 1. The van der Waals surface area contributed by atoms with Gasteiger partial charge in [-0.05, 0) is 47.7 Å². The summed E-state index contributed by atoms with van der Waals surface area (Å²) in [6.07, 6.45) is 0. The highest BCUT2D eigenvalue weighted by atomic mass is 32.2. The molecule has 30 heavy (non-hydrogen) atoms. The van der Waals surface area contributed by atoms with Crippen LogP contribution in [0.5, 0.6) is 0 Å². The average molecular weight is 440 g/mol. The lowest BCUT2D eigenvalue weighted by atomic mass is 10.2. The van der Waals surface area contributed by atoms with Crippen LogP contribution in [0.2, 0.25) is 0 Å². The molecule has 2 aromatic carbocycles. The summed E-state index contributed by atoms with van der Waals surface area (Å²) in [6.45, 7) is 2.08. The lowest BCUT2D eigenvalue weighted by Gasteiger charge is -2.13. The van der Waals surface area contributed by atoms with Crippen molar-refractivity contribution in [3.8, 4) is 5.69 Å². The van der Waals surface area contributed by atoms with Crippen LogP contribution in [0, 0.1) is 12.7 Å². The number of rotatable bonds is 6. The second-order valence-corrected chi connectivity index (χ2v) is 8.51. The number of benzene rings is 2. The Hall–Kier alpha value is -2.97. The van der Waals surface area contributed by atoms with Gasteiger partial charge < -0.3 is 5.32 Å². The zero-order valence-corrected chi connectivity index (χ0v) is 17.7. The Morgan fingerprint density at radius 3 is 2.77 bits per heavy atom. The van der Waals surface area contributed by atoms with Crippen LogP contribution in [0.15, 0.2) is 69.9 Å². The first kappa shape index (κ1) is 20.3. The first-order valence-electron chi connectivity index (χ1n) is 9.23. The number of hydrogen-bond acceptors (Lipinski definition) is 5. The molecule has 1 N–H and O–H groups in total. The summed E-state index contributed by atoms with van der Waals surface area (Å²) in [5.41, 5.74) is 2.32. The molecule has 0 spiro atoms. The number of aryl methyl sites for hydroxylation is 1. The van der Waals surface area contributed by atoms with Crippen molar-refractivity contribution in [2.24, 2.45) is 0 Å². The van der Waals surface area contributed by atoms with Crippen molar-refractivity contribution in [2.75, 3.05) is 5.75 Å². The van der Waals surface area contributed by atoms with Gasteiger partial charge in [-0.15, -0.1) is 11.3 Å². The van der Waals surface area contributed by atoms with Gasteiger partial charge in [-0.3, -0.25) is 14.2 Å². The normalized spacial score (nSPS) is 11.0. The van der Waals surface area contributed by atoms with Gasteiger partial charge in [0, 0.05) is 6.54 Å². The van der Waals surface area contributed by atoms with Crippen LogP contribution in [0.4, 0.5) is 4.39 Å². The van der Waals surface area contributed by atoms with E-state index in [2.05, 4.69) is 10.3 Å². The van der Waals surface area contributed by atoms with Gasteiger partial charge in [0.1, 0.15) is 10.5 Å². The molecular weight excluding hydrogens is 421 g/mol. The maximum atomic E-state index is 13.7. The molecule has 0 saturated heterocycles. The molecule has 2 heterocycles. The lowest BCUT2D eigenvalue weighted by Crippen LogP contribution is -2.26. The van der Waals surface area contributed by atoms with Crippen molar-refractivity contribution >= 4 is 39.2 Å². The molecule has 4 rings (SSSR count). The molecule has 2 aromatic heterocycles. The first-order valence-corrected chi connectivity index (χ1v) is 11.1. The second kappa shape index (κ2) is 8.81. The van der Waals surface area contributed by atoms with E-state index in [-0.39, 0.29) is 23.0 Å². The minimum atomic E-state index is -0.341. The van der Waals surface area contributed by atoms with Gasteiger partial charge in [-0.1, -0.05) is 42.1 Å². The van der Waals surface area contributed by atoms with Gasteiger partial charge >= 0.3 is 0 Å². The summed E-state index contributed by atoms with van der Waals surface area (Å²) in [7, 11) is 0. The fraction of sp³-hybridized carbons (Fsp3) is 0.136. The van der Waals surface area contributed by atoms with Crippen molar-refractivity contribution in [3.05, 3.63) is 87.3 Å². The van der Waals surface area contributed by atoms with Crippen molar-refractivity contribution in [2.45, 2.75) is 18.6 Å². The van der Waals surface area contributed by atoms with Gasteiger partial charge in [-0.2, -0.15) is 0 Å². The Kier molecular flexibility index (Phi) is 5.96. The molecule has 5 nitrogen and oxygen atoms in total. The Bertz CT molecular complexity index is 1270. The van der Waals surface area contributed by atoms with E-state index in [4.69, 9.17) is 0 Å². The molecule has 0 bridgehead atoms. The van der Waals surface area contributed by atoms with Crippen molar-refractivity contribution in [1.29, 1.82) is 0 Å². The topological polar surface area (TPSA) is 64.0 Å².